The number of amides is 1. The molecule has 1 heterocycles. The number of alkyl halides is 3. The second-order valence-electron chi connectivity index (χ2n) is 6.80. The van der Waals surface area contributed by atoms with Gasteiger partial charge in [-0.15, -0.1) is 0 Å². The van der Waals surface area contributed by atoms with E-state index in [9.17, 15) is 18.0 Å². The van der Waals surface area contributed by atoms with E-state index >= 15 is 0 Å². The lowest BCUT2D eigenvalue weighted by Gasteiger charge is -2.15. The number of benzene rings is 2. The molecular formula is C27H33ClF3N5O3. The molecule has 3 N–H and O–H groups in total. The van der Waals surface area contributed by atoms with E-state index in [1.54, 1.807) is 0 Å². The van der Waals surface area contributed by atoms with Gasteiger partial charge in [-0.2, -0.15) is 18.2 Å². The number of hydrogen-bond acceptors (Lipinski definition) is 7. The first-order valence-electron chi connectivity index (χ1n) is 11.7. The zero-order chi connectivity index (χ0) is 30.2. The number of aryl methyl sites for hydroxylation is 1. The molecule has 1 aromatic heterocycles. The molecule has 0 aliphatic carbocycles. The highest BCUT2D eigenvalue weighted by atomic mass is 35.5. The van der Waals surface area contributed by atoms with Gasteiger partial charge in [0.05, 0.1) is 19.0 Å². The van der Waals surface area contributed by atoms with E-state index in [2.05, 4.69) is 32.5 Å². The van der Waals surface area contributed by atoms with Gasteiger partial charge in [-0.1, -0.05) is 64.1 Å². The van der Waals surface area contributed by atoms with Crippen LogP contribution in [0.25, 0.3) is 0 Å². The monoisotopic (exact) mass is 567 g/mol. The van der Waals surface area contributed by atoms with Gasteiger partial charge in [0, 0.05) is 11.4 Å². The second kappa shape index (κ2) is 17.4. The maximum atomic E-state index is 12.7. The van der Waals surface area contributed by atoms with Crippen LogP contribution in [0.1, 0.15) is 33.3 Å². The van der Waals surface area contributed by atoms with Crippen LogP contribution in [-0.2, 0) is 9.59 Å². The summed E-state index contributed by atoms with van der Waals surface area (Å²) < 4.78 is 43.4. The standard InChI is InChI=1S/C22H19ClF3N5O2.2C2H6.CH2O/c1-12-6-4-5-7-16(12)29-19-15(23)11-27-21(31-19)30-17-10-14(8-9-18(17)33-3)28-20(32)13(2)22(24,25)26;3*1-2/h4-11H,2H2,1,3H3,(H,28,32)(H2,27,29,30,31);2*1-2H3;1H2. The number of anilines is 5. The molecule has 3 aromatic rings. The molecule has 1 amide bonds. The van der Waals surface area contributed by atoms with Crippen molar-refractivity contribution in [1.29, 1.82) is 0 Å². The number of methoxy groups -OCH3 is 1. The lowest BCUT2D eigenvalue weighted by atomic mass is 10.2. The van der Waals surface area contributed by atoms with Crippen LogP contribution in [0.4, 0.5) is 42.0 Å². The number of aromatic nitrogens is 2. The average molecular weight is 568 g/mol. The molecule has 0 saturated carbocycles. The third kappa shape index (κ3) is 10.6. The molecular weight excluding hydrogens is 535 g/mol. The summed E-state index contributed by atoms with van der Waals surface area (Å²) in [5.74, 6) is -0.550. The summed E-state index contributed by atoms with van der Waals surface area (Å²) in [7, 11) is 1.41. The van der Waals surface area contributed by atoms with E-state index in [0.717, 1.165) is 11.3 Å². The van der Waals surface area contributed by atoms with Crippen LogP contribution in [0.2, 0.25) is 5.02 Å². The van der Waals surface area contributed by atoms with Crippen molar-refractivity contribution in [1.82, 2.24) is 9.97 Å². The molecule has 39 heavy (non-hydrogen) atoms. The van der Waals surface area contributed by atoms with E-state index in [1.807, 2.05) is 65.7 Å². The molecule has 3 rings (SSSR count). The highest BCUT2D eigenvalue weighted by Gasteiger charge is 2.36. The average Bonchev–Trinajstić information content (AvgIpc) is 2.94. The predicted molar refractivity (Wildman–Crippen MR) is 151 cm³/mol. The van der Waals surface area contributed by atoms with Crippen LogP contribution in [0.5, 0.6) is 5.75 Å². The maximum Gasteiger partial charge on any atom is 0.421 e. The summed E-state index contributed by atoms with van der Waals surface area (Å²) in [6.45, 7) is 14.7. The molecule has 0 unspecified atom stereocenters. The van der Waals surface area contributed by atoms with Gasteiger partial charge in [-0.25, -0.2) is 4.98 Å². The topological polar surface area (TPSA) is 105 Å². The largest absolute Gasteiger partial charge is 0.495 e. The predicted octanol–water partition coefficient (Wildman–Crippen LogP) is 7.86. The number of para-hydroxylation sites is 1. The normalized spacial score (nSPS) is 9.69. The number of rotatable bonds is 7. The van der Waals surface area contributed by atoms with Gasteiger partial charge in [0.1, 0.15) is 23.1 Å². The molecule has 212 valence electrons. The molecule has 0 bridgehead atoms. The van der Waals surface area contributed by atoms with Gasteiger partial charge in [0.25, 0.3) is 5.91 Å². The van der Waals surface area contributed by atoms with E-state index < -0.39 is 17.7 Å². The van der Waals surface area contributed by atoms with Gasteiger partial charge < -0.3 is 25.5 Å². The second-order valence-corrected chi connectivity index (χ2v) is 7.21. The summed E-state index contributed by atoms with van der Waals surface area (Å²) in [5, 5.41) is 8.49. The Balaban J connectivity index is 0.00000225. The van der Waals surface area contributed by atoms with Crippen molar-refractivity contribution < 1.29 is 27.5 Å². The Labute approximate surface area is 231 Å². The van der Waals surface area contributed by atoms with Crippen molar-refractivity contribution in [3.8, 4) is 5.75 Å². The Bertz CT molecular complexity index is 1220. The molecule has 8 nitrogen and oxygen atoms in total. The van der Waals surface area contributed by atoms with Crippen molar-refractivity contribution in [2.24, 2.45) is 0 Å². The van der Waals surface area contributed by atoms with Crippen LogP contribution < -0.4 is 20.7 Å². The highest BCUT2D eigenvalue weighted by molar-refractivity contribution is 6.32. The number of ether oxygens (including phenoxy) is 1. The van der Waals surface area contributed by atoms with Gasteiger partial charge in [0.15, 0.2) is 5.82 Å². The Hall–Kier alpha value is -4.12. The minimum absolute atomic E-state index is 0.0842. The molecule has 0 fully saturated rings. The first-order chi connectivity index (χ1) is 18.6. The van der Waals surface area contributed by atoms with Gasteiger partial charge in [-0.3, -0.25) is 4.79 Å². The summed E-state index contributed by atoms with van der Waals surface area (Å²) in [6, 6.07) is 11.8. The number of carbonyl (C=O) groups is 2. The number of halogens is 4. The Morgan fingerprint density at radius 3 is 2.18 bits per heavy atom. The highest BCUT2D eigenvalue weighted by Crippen LogP contribution is 2.32. The smallest absolute Gasteiger partial charge is 0.421 e. The van der Waals surface area contributed by atoms with Crippen molar-refractivity contribution in [3.05, 3.63) is 71.4 Å². The molecule has 0 spiro atoms. The zero-order valence-corrected chi connectivity index (χ0v) is 23.4. The Morgan fingerprint density at radius 2 is 1.62 bits per heavy atom. The number of nitrogens with one attached hydrogen (secondary N) is 3. The fourth-order valence-corrected chi connectivity index (χ4v) is 2.83. The minimum atomic E-state index is -4.84. The first-order valence-corrected chi connectivity index (χ1v) is 12.1. The van der Waals surface area contributed by atoms with E-state index in [1.165, 1.54) is 31.5 Å². The van der Waals surface area contributed by atoms with Crippen molar-refractivity contribution in [3.63, 3.8) is 0 Å². The summed E-state index contributed by atoms with van der Waals surface area (Å²) >= 11 is 6.22. The molecule has 0 aliphatic rings. The van der Waals surface area contributed by atoms with E-state index in [-0.39, 0.29) is 16.7 Å². The van der Waals surface area contributed by atoms with Crippen molar-refractivity contribution in [2.75, 3.05) is 23.1 Å². The molecule has 2 aromatic carbocycles. The lowest BCUT2D eigenvalue weighted by molar-refractivity contribution is -0.126. The van der Waals surface area contributed by atoms with Gasteiger partial charge in [0.2, 0.25) is 5.95 Å². The molecule has 0 aliphatic heterocycles. The molecule has 12 heteroatoms. The summed E-state index contributed by atoms with van der Waals surface area (Å²) in [6.07, 6.45) is -3.45. The first kappa shape index (κ1) is 34.9. The maximum absolute atomic E-state index is 12.7. The number of hydrogen-bond donors (Lipinski definition) is 3. The quantitative estimate of drug-likeness (QED) is 0.249. The Kier molecular flexibility index (Phi) is 15.6. The van der Waals surface area contributed by atoms with Crippen LogP contribution in [0, 0.1) is 6.92 Å². The lowest BCUT2D eigenvalue weighted by Crippen LogP contribution is -2.24. The van der Waals surface area contributed by atoms with Crippen LogP contribution in [0.15, 0.2) is 60.8 Å². The third-order valence-corrected chi connectivity index (χ3v) is 4.74. The zero-order valence-electron chi connectivity index (χ0n) is 22.7. The molecule has 0 atom stereocenters. The number of carbonyl (C=O) groups excluding carboxylic acids is 2. The fraction of sp³-hybridized carbons (Fsp3) is 0.259. The number of nitrogens with zero attached hydrogens (tertiary/aromatic N) is 2. The molecule has 0 saturated heterocycles. The summed E-state index contributed by atoms with van der Waals surface area (Å²) in [4.78, 5) is 28.3. The fourth-order valence-electron chi connectivity index (χ4n) is 2.69. The van der Waals surface area contributed by atoms with E-state index in [4.69, 9.17) is 21.1 Å². The van der Waals surface area contributed by atoms with Crippen LogP contribution >= 0.6 is 11.6 Å². The molecule has 0 radical (unpaired) electrons. The van der Waals surface area contributed by atoms with Crippen LogP contribution in [-0.4, -0.2) is 36.0 Å². The van der Waals surface area contributed by atoms with Crippen LogP contribution in [0.3, 0.4) is 0 Å². The summed E-state index contributed by atoms with van der Waals surface area (Å²) in [5.41, 5.74) is 0.655. The van der Waals surface area contributed by atoms with Crippen molar-refractivity contribution in [2.45, 2.75) is 40.8 Å². The van der Waals surface area contributed by atoms with Gasteiger partial charge in [-0.05, 0) is 36.8 Å². The van der Waals surface area contributed by atoms with Gasteiger partial charge >= 0.3 is 6.18 Å². The third-order valence-electron chi connectivity index (χ3n) is 4.46. The van der Waals surface area contributed by atoms with E-state index in [0.29, 0.717) is 17.3 Å². The minimum Gasteiger partial charge on any atom is -0.495 e. The van der Waals surface area contributed by atoms with Crippen molar-refractivity contribution >= 4 is 53.1 Å². The SMILES string of the molecule is C=C(C(=O)Nc1ccc(OC)c(Nc2ncc(Cl)c(Nc3ccccc3C)n2)c1)C(F)(F)F.C=O.CC.CC. The Morgan fingerprint density at radius 1 is 1.00 bits per heavy atom.